The highest BCUT2D eigenvalue weighted by atomic mass is 127. The number of carbonyl (C=O) groups excluding carboxylic acids is 8. The van der Waals surface area contributed by atoms with Gasteiger partial charge in [-0.2, -0.15) is 0 Å². The smallest absolute Gasteiger partial charge is 0.455 e. The number of amides is 1. The Morgan fingerprint density at radius 2 is 1.36 bits per heavy atom. The van der Waals surface area contributed by atoms with Crippen LogP contribution in [0.25, 0.3) is 0 Å². The monoisotopic (exact) mass is 1220 g/mol. The van der Waals surface area contributed by atoms with Crippen molar-refractivity contribution in [2.75, 3.05) is 15.8 Å². The van der Waals surface area contributed by atoms with Gasteiger partial charge in [-0.15, -0.1) is 0 Å². The summed E-state index contributed by atoms with van der Waals surface area (Å²) in [5.74, 6) is -7.35. The summed E-state index contributed by atoms with van der Waals surface area (Å²) < 4.78 is 52.6. The molecule has 1 saturated heterocycles. The Morgan fingerprint density at radius 3 is 1.92 bits per heavy atom. The number of hydrogen-bond donors (Lipinski definition) is 2. The van der Waals surface area contributed by atoms with E-state index < -0.39 is 132 Å². The first-order valence-electron chi connectivity index (χ1n) is 22.8. The lowest BCUT2D eigenvalue weighted by Gasteiger charge is -2.67. The second kappa shape index (κ2) is 21.8. The van der Waals surface area contributed by atoms with Gasteiger partial charge in [0.2, 0.25) is 6.10 Å². The van der Waals surface area contributed by atoms with Gasteiger partial charge in [-0.1, -0.05) is 80.6 Å². The zero-order valence-corrected chi connectivity index (χ0v) is 44.3. The highest BCUT2D eigenvalue weighted by molar-refractivity contribution is 14.1. The first-order valence-corrected chi connectivity index (χ1v) is 25.8. The van der Waals surface area contributed by atoms with Gasteiger partial charge < -0.3 is 53.1 Å². The van der Waals surface area contributed by atoms with Crippen LogP contribution in [0.4, 0.5) is 9.59 Å². The number of hydrogen-bond acceptors (Lipinski definition) is 18. The van der Waals surface area contributed by atoms with Crippen LogP contribution in [0.15, 0.2) is 102 Å². The lowest BCUT2D eigenvalue weighted by Crippen LogP contribution is -2.82. The van der Waals surface area contributed by atoms with E-state index >= 15 is 9.59 Å². The molecule has 4 aliphatic rings. The van der Waals surface area contributed by atoms with Gasteiger partial charge in [0.15, 0.2) is 17.5 Å². The molecule has 384 valence electrons. The number of nitrogens with one attached hydrogen (secondary N) is 1. The summed E-state index contributed by atoms with van der Waals surface area (Å²) in [6.45, 7) is 7.70. The molecule has 2 bridgehead atoms. The van der Waals surface area contributed by atoms with Crippen molar-refractivity contribution >= 4 is 93.1 Å². The molecule has 3 aromatic rings. The zero-order chi connectivity index (χ0) is 52.3. The Hall–Kier alpha value is -5.66. The molecule has 1 aliphatic heterocycles. The third-order valence-electron chi connectivity index (χ3n) is 14.2. The van der Waals surface area contributed by atoms with Crippen LogP contribution in [0.1, 0.15) is 86.7 Å². The molecule has 3 aromatic carbocycles. The molecule has 1 amide bonds. The topological polar surface area (TPSA) is 252 Å². The Bertz CT molecular complexity index is 2610. The van der Waals surface area contributed by atoms with E-state index in [-0.39, 0.29) is 37.9 Å². The van der Waals surface area contributed by atoms with Gasteiger partial charge in [0.25, 0.3) is 5.91 Å². The number of ketones is 1. The average molecular weight is 1220 g/mol. The first-order chi connectivity index (χ1) is 34.1. The molecule has 2 saturated carbocycles. The molecule has 3 aliphatic carbocycles. The summed E-state index contributed by atoms with van der Waals surface area (Å²) in [6, 6.07) is 22.4. The van der Waals surface area contributed by atoms with Crippen LogP contribution in [-0.2, 0) is 61.8 Å². The van der Waals surface area contributed by atoms with Crippen molar-refractivity contribution < 1.29 is 86.1 Å². The maximum absolute atomic E-state index is 16.1. The summed E-state index contributed by atoms with van der Waals surface area (Å²) in [5.41, 5.74) is -7.89. The highest BCUT2D eigenvalue weighted by Crippen LogP contribution is 2.65. The molecule has 0 spiro atoms. The normalized spacial score (nSPS) is 28.8. The molecule has 0 radical (unpaired) electrons. The van der Waals surface area contributed by atoms with E-state index in [0.29, 0.717) is 5.56 Å². The second-order valence-corrected chi connectivity index (χ2v) is 19.8. The fraction of sp³-hybridized carbons (Fsp3) is 0.451. The van der Waals surface area contributed by atoms with Gasteiger partial charge in [-0.25, -0.2) is 19.2 Å². The molecule has 7 rings (SSSR count). The third-order valence-corrected chi connectivity index (χ3v) is 14.9. The van der Waals surface area contributed by atoms with E-state index in [4.69, 9.17) is 42.6 Å². The predicted molar refractivity (Wildman–Crippen MR) is 266 cm³/mol. The van der Waals surface area contributed by atoms with E-state index in [1.807, 2.05) is 0 Å². The van der Waals surface area contributed by atoms with Crippen molar-refractivity contribution in [2.24, 2.45) is 16.7 Å². The number of aliphatic hydroxyl groups is 1. The van der Waals surface area contributed by atoms with Gasteiger partial charge in [0.05, 0.1) is 23.5 Å². The van der Waals surface area contributed by atoms with Gasteiger partial charge in [0.1, 0.15) is 45.3 Å². The Kier molecular flexibility index (Phi) is 16.4. The SMILES string of the molecule is CC(=O)O[C@H]1C(=O)[C@@]2(C)C([C@H](OC(=O)c3ccccc3)[C@]3(O)C[C@H](OC(=O)[C@H](OC(=O)OCI)[C@@H](NC(=O)c4ccccc4)c4ccccc4)C(C)=C1C3(C)C)[C@]1(OC(C)=O)CO[C@@H]1C[C@@H]2OC(=O)OCI. The molecule has 2 N–H and O–H groups in total. The summed E-state index contributed by atoms with van der Waals surface area (Å²) >= 11 is 3.53. The number of halogens is 2. The van der Waals surface area contributed by atoms with Crippen LogP contribution in [0.5, 0.6) is 0 Å². The third kappa shape index (κ3) is 10.2. The van der Waals surface area contributed by atoms with Crippen molar-refractivity contribution in [3.8, 4) is 0 Å². The highest BCUT2D eigenvalue weighted by Gasteiger charge is 2.79. The molecule has 3 fully saturated rings. The van der Waals surface area contributed by atoms with E-state index in [2.05, 4.69) is 5.32 Å². The van der Waals surface area contributed by atoms with E-state index in [0.717, 1.165) is 13.8 Å². The van der Waals surface area contributed by atoms with E-state index in [1.165, 1.54) is 52.0 Å². The summed E-state index contributed by atoms with van der Waals surface area (Å²) in [4.78, 5) is 113. The molecule has 19 nitrogen and oxygen atoms in total. The summed E-state index contributed by atoms with van der Waals surface area (Å²) in [7, 11) is 0. The Balaban J connectivity index is 1.46. The summed E-state index contributed by atoms with van der Waals surface area (Å²) in [6.07, 6.45) is -13.6. The van der Waals surface area contributed by atoms with Crippen molar-refractivity contribution in [1.29, 1.82) is 0 Å². The fourth-order valence-corrected chi connectivity index (χ4v) is 11.3. The minimum Gasteiger partial charge on any atom is -0.455 e. The van der Waals surface area contributed by atoms with Gasteiger partial charge >= 0.3 is 36.2 Å². The molecular formula is C51H53I2NO18. The minimum absolute atomic E-state index is 0.0116. The maximum atomic E-state index is 16.1. The van der Waals surface area contributed by atoms with Crippen LogP contribution in [0, 0.1) is 16.7 Å². The molecule has 72 heavy (non-hydrogen) atoms. The number of ether oxygens (including phenoxy) is 9. The number of carbonyl (C=O) groups is 8. The van der Waals surface area contributed by atoms with Gasteiger partial charge in [-0.05, 0) is 100 Å². The lowest BCUT2D eigenvalue weighted by atomic mass is 9.44. The predicted octanol–water partition coefficient (Wildman–Crippen LogP) is 6.84. The number of esters is 4. The van der Waals surface area contributed by atoms with Gasteiger partial charge in [-0.3, -0.25) is 19.2 Å². The van der Waals surface area contributed by atoms with Crippen LogP contribution in [-0.4, -0.2) is 117 Å². The quantitative estimate of drug-likeness (QED) is 0.0551. The first kappa shape index (κ1) is 54.1. The Labute approximate surface area is 441 Å². The van der Waals surface area contributed by atoms with Crippen molar-refractivity contribution in [3.63, 3.8) is 0 Å². The molecule has 1 heterocycles. The average Bonchev–Trinajstić information content (AvgIpc) is 3.33. The largest absolute Gasteiger partial charge is 0.509 e. The number of fused-ring (bicyclic) bond motifs is 5. The van der Waals surface area contributed by atoms with Crippen LogP contribution in [0.2, 0.25) is 0 Å². The zero-order valence-electron chi connectivity index (χ0n) is 40.0. The van der Waals surface area contributed by atoms with Crippen molar-refractivity contribution in [3.05, 3.63) is 119 Å². The minimum atomic E-state index is -2.53. The maximum Gasteiger partial charge on any atom is 0.509 e. The lowest BCUT2D eigenvalue weighted by molar-refractivity contribution is -0.346. The van der Waals surface area contributed by atoms with E-state index in [1.54, 1.807) is 112 Å². The van der Waals surface area contributed by atoms with Crippen molar-refractivity contribution in [1.82, 2.24) is 5.32 Å². The molecule has 11 atom stereocenters. The van der Waals surface area contributed by atoms with Crippen molar-refractivity contribution in [2.45, 2.75) is 108 Å². The number of benzene rings is 3. The summed E-state index contributed by atoms with van der Waals surface area (Å²) in [5, 5.41) is 16.9. The van der Waals surface area contributed by atoms with Gasteiger partial charge in [0, 0.05) is 37.7 Å². The molecule has 21 heteroatoms. The van der Waals surface area contributed by atoms with Crippen LogP contribution >= 0.6 is 45.2 Å². The standard InChI is InChI=1S/C51H53I2NO18/c1-27-33(68-45(60)39(70-47(62)66-26-53)37(30-16-10-7-11-17-30)54-43(58)31-18-12-8-13-19-31)23-51(63)42(71-44(59)32-20-14-9-15-21-32)40-49(6,41(57)38(67-28(2)55)36(27)48(51,4)5)34(69-46(61)65-25-52)22-35-50(40,24-64-35)72-29(3)56/h7-21,33-35,37-40,42,63H,22-26H2,1-6H3,(H,54,58)/t33-,34-,35+,37-,38+,39+,40?,42-,49+,50-,51+/m0/s1. The molecule has 1 unspecified atom stereocenters. The fourth-order valence-electron chi connectivity index (χ4n) is 10.8. The number of Topliss-reactive ketones (excluding diaryl/α,β-unsaturated/α-hetero) is 1. The number of rotatable bonds is 14. The van der Waals surface area contributed by atoms with Crippen LogP contribution in [0.3, 0.4) is 0 Å². The Morgan fingerprint density at radius 1 is 0.778 bits per heavy atom. The molecule has 0 aromatic heterocycles. The van der Waals surface area contributed by atoms with Crippen LogP contribution < -0.4 is 5.32 Å². The number of alkyl halides is 2. The second-order valence-electron chi connectivity index (χ2n) is 18.5. The molecular weight excluding hydrogens is 1170 g/mol. The van der Waals surface area contributed by atoms with E-state index in [9.17, 15) is 33.9 Å².